The molecule has 0 spiro atoms. The molecule has 3 aliphatic heterocycles. The molecule has 0 bridgehead atoms. The Kier molecular flexibility index (Phi) is 2.78. The average molecular weight is 258 g/mol. The molecule has 0 radical (unpaired) electrons. The van der Waals surface area contributed by atoms with E-state index in [9.17, 15) is 0 Å². The van der Waals surface area contributed by atoms with E-state index in [1.54, 1.807) is 0 Å². The standard InChI is InChI=1S/C13H22O5/c1-6-7-8-9(16-12(2,3)15-8)10-11(14-7)18-13(4,5)17-10/h7-11H,6H2,1-5H3/t7?,8-,9-,10+,11?/m0/s1. The molecule has 0 aromatic heterocycles. The van der Waals surface area contributed by atoms with Gasteiger partial charge in [0.25, 0.3) is 0 Å². The van der Waals surface area contributed by atoms with Crippen LogP contribution in [0.3, 0.4) is 0 Å². The monoisotopic (exact) mass is 258 g/mol. The van der Waals surface area contributed by atoms with E-state index in [0.29, 0.717) is 0 Å². The lowest BCUT2D eigenvalue weighted by atomic mass is 9.97. The quantitative estimate of drug-likeness (QED) is 0.717. The van der Waals surface area contributed by atoms with Crippen molar-refractivity contribution in [2.75, 3.05) is 0 Å². The molecular formula is C13H22O5. The van der Waals surface area contributed by atoms with Crippen LogP contribution in [0.15, 0.2) is 0 Å². The lowest BCUT2D eigenvalue weighted by Crippen LogP contribution is -2.54. The normalized spacial score (nSPS) is 48.8. The Hall–Kier alpha value is -0.200. The van der Waals surface area contributed by atoms with Crippen LogP contribution in [0.4, 0.5) is 0 Å². The topological polar surface area (TPSA) is 46.2 Å². The van der Waals surface area contributed by atoms with Crippen LogP contribution in [-0.4, -0.2) is 42.3 Å². The number of hydrogen-bond donors (Lipinski definition) is 0. The van der Waals surface area contributed by atoms with Crippen molar-refractivity contribution in [3.63, 3.8) is 0 Å². The van der Waals surface area contributed by atoms with Crippen LogP contribution in [0.1, 0.15) is 41.0 Å². The van der Waals surface area contributed by atoms with Crippen LogP contribution < -0.4 is 0 Å². The molecule has 5 atom stereocenters. The van der Waals surface area contributed by atoms with Crippen LogP contribution >= 0.6 is 0 Å². The van der Waals surface area contributed by atoms with E-state index in [0.717, 1.165) is 6.42 Å². The van der Waals surface area contributed by atoms with Gasteiger partial charge in [-0.3, -0.25) is 0 Å². The van der Waals surface area contributed by atoms with Gasteiger partial charge in [-0.25, -0.2) is 0 Å². The van der Waals surface area contributed by atoms with Crippen molar-refractivity contribution in [1.29, 1.82) is 0 Å². The minimum Gasteiger partial charge on any atom is -0.344 e. The number of rotatable bonds is 1. The van der Waals surface area contributed by atoms with Crippen LogP contribution in [0.2, 0.25) is 0 Å². The Bertz CT molecular complexity index is 340. The summed E-state index contributed by atoms with van der Waals surface area (Å²) in [5.41, 5.74) is 0. The Balaban J connectivity index is 1.86. The molecule has 3 heterocycles. The third-order valence-electron chi connectivity index (χ3n) is 3.65. The van der Waals surface area contributed by atoms with Crippen LogP contribution in [-0.2, 0) is 23.7 Å². The minimum atomic E-state index is -0.626. The maximum Gasteiger partial charge on any atom is 0.190 e. The molecule has 3 fully saturated rings. The van der Waals surface area contributed by atoms with Gasteiger partial charge >= 0.3 is 0 Å². The van der Waals surface area contributed by atoms with Gasteiger partial charge in [0.2, 0.25) is 0 Å². The number of hydrogen-bond acceptors (Lipinski definition) is 5. The average Bonchev–Trinajstić information content (AvgIpc) is 2.71. The molecule has 104 valence electrons. The first-order valence-electron chi connectivity index (χ1n) is 6.68. The molecule has 0 aliphatic carbocycles. The smallest absolute Gasteiger partial charge is 0.190 e. The molecule has 3 aliphatic rings. The molecule has 0 aromatic carbocycles. The molecule has 0 saturated carbocycles. The number of fused-ring (bicyclic) bond motifs is 3. The van der Waals surface area contributed by atoms with Crippen LogP contribution in [0, 0.1) is 0 Å². The second-order valence-electron chi connectivity index (χ2n) is 6.12. The Labute approximate surface area is 108 Å². The van der Waals surface area contributed by atoms with Crippen molar-refractivity contribution in [3.05, 3.63) is 0 Å². The lowest BCUT2D eigenvalue weighted by Gasteiger charge is -2.36. The first-order valence-corrected chi connectivity index (χ1v) is 6.68. The van der Waals surface area contributed by atoms with Crippen molar-refractivity contribution in [2.45, 2.75) is 83.3 Å². The van der Waals surface area contributed by atoms with Crippen molar-refractivity contribution in [3.8, 4) is 0 Å². The van der Waals surface area contributed by atoms with Gasteiger partial charge in [0.15, 0.2) is 17.9 Å². The highest BCUT2D eigenvalue weighted by Gasteiger charge is 2.60. The van der Waals surface area contributed by atoms with E-state index >= 15 is 0 Å². The van der Waals surface area contributed by atoms with Crippen LogP contribution in [0.5, 0.6) is 0 Å². The Morgan fingerprint density at radius 3 is 2.00 bits per heavy atom. The van der Waals surface area contributed by atoms with Crippen molar-refractivity contribution >= 4 is 0 Å². The molecule has 0 aromatic rings. The van der Waals surface area contributed by atoms with E-state index in [4.69, 9.17) is 23.7 Å². The zero-order valence-electron chi connectivity index (χ0n) is 11.6. The molecule has 0 N–H and O–H groups in total. The first-order chi connectivity index (χ1) is 8.31. The van der Waals surface area contributed by atoms with Gasteiger partial charge in [-0.05, 0) is 34.1 Å². The van der Waals surface area contributed by atoms with Crippen molar-refractivity contribution < 1.29 is 23.7 Å². The fraction of sp³-hybridized carbons (Fsp3) is 1.00. The van der Waals surface area contributed by atoms with Gasteiger partial charge in [0, 0.05) is 0 Å². The summed E-state index contributed by atoms with van der Waals surface area (Å²) in [5, 5.41) is 0. The molecule has 2 unspecified atom stereocenters. The SMILES string of the molecule is CCC1OC2OC(C)(C)O[C@@H]2[C@H]2OC(C)(C)O[C@@H]12. The molecule has 3 saturated heterocycles. The predicted molar refractivity (Wildman–Crippen MR) is 62.8 cm³/mol. The largest absolute Gasteiger partial charge is 0.344 e. The zero-order valence-corrected chi connectivity index (χ0v) is 11.6. The third kappa shape index (κ3) is 1.98. The van der Waals surface area contributed by atoms with Gasteiger partial charge < -0.3 is 23.7 Å². The highest BCUT2D eigenvalue weighted by atomic mass is 16.9. The predicted octanol–water partition coefficient (Wildman–Crippen LogP) is 1.79. The second kappa shape index (κ2) is 3.90. The van der Waals surface area contributed by atoms with E-state index in [1.165, 1.54) is 0 Å². The van der Waals surface area contributed by atoms with Gasteiger partial charge in [-0.2, -0.15) is 0 Å². The van der Waals surface area contributed by atoms with E-state index in [2.05, 4.69) is 6.92 Å². The molecule has 3 rings (SSSR count). The summed E-state index contributed by atoms with van der Waals surface area (Å²) in [6.45, 7) is 9.72. The molecule has 5 heteroatoms. The highest BCUT2D eigenvalue weighted by molar-refractivity contribution is 4.99. The van der Waals surface area contributed by atoms with Crippen molar-refractivity contribution in [2.24, 2.45) is 0 Å². The summed E-state index contributed by atoms with van der Waals surface area (Å²) in [7, 11) is 0. The summed E-state index contributed by atoms with van der Waals surface area (Å²) in [6.07, 6.45) is 0.0937. The summed E-state index contributed by atoms with van der Waals surface area (Å²) in [5.74, 6) is -1.21. The Morgan fingerprint density at radius 2 is 1.33 bits per heavy atom. The summed E-state index contributed by atoms with van der Waals surface area (Å²) >= 11 is 0. The fourth-order valence-electron chi connectivity index (χ4n) is 3.02. The van der Waals surface area contributed by atoms with Gasteiger partial charge in [-0.15, -0.1) is 0 Å². The third-order valence-corrected chi connectivity index (χ3v) is 3.65. The molecule has 5 nitrogen and oxygen atoms in total. The van der Waals surface area contributed by atoms with E-state index < -0.39 is 11.6 Å². The minimum absolute atomic E-state index is 0.00414. The van der Waals surface area contributed by atoms with Gasteiger partial charge in [-0.1, -0.05) is 6.92 Å². The summed E-state index contributed by atoms with van der Waals surface area (Å²) in [4.78, 5) is 0. The number of ether oxygens (including phenoxy) is 5. The van der Waals surface area contributed by atoms with Crippen molar-refractivity contribution in [1.82, 2.24) is 0 Å². The fourth-order valence-corrected chi connectivity index (χ4v) is 3.02. The Morgan fingerprint density at radius 1 is 0.778 bits per heavy atom. The first kappa shape index (κ1) is 12.8. The summed E-state index contributed by atoms with van der Waals surface area (Å²) < 4.78 is 29.6. The second-order valence-corrected chi connectivity index (χ2v) is 6.12. The maximum absolute atomic E-state index is 5.98. The molecule has 0 amide bonds. The van der Waals surface area contributed by atoms with Gasteiger partial charge in [0.05, 0.1) is 6.10 Å². The molecular weight excluding hydrogens is 236 g/mol. The van der Waals surface area contributed by atoms with Crippen LogP contribution in [0.25, 0.3) is 0 Å². The lowest BCUT2D eigenvalue weighted by molar-refractivity contribution is -0.234. The van der Waals surface area contributed by atoms with E-state index in [-0.39, 0.29) is 30.7 Å². The molecule has 18 heavy (non-hydrogen) atoms. The zero-order chi connectivity index (χ0) is 13.1. The maximum atomic E-state index is 5.98. The summed E-state index contributed by atoms with van der Waals surface area (Å²) in [6, 6.07) is 0. The highest BCUT2D eigenvalue weighted by Crippen LogP contribution is 2.44. The van der Waals surface area contributed by atoms with Gasteiger partial charge in [0.1, 0.15) is 18.3 Å². The van der Waals surface area contributed by atoms with E-state index in [1.807, 2.05) is 27.7 Å².